The Balaban J connectivity index is 1.66. The van der Waals surface area contributed by atoms with E-state index in [4.69, 9.17) is 0 Å². The predicted molar refractivity (Wildman–Crippen MR) is 113 cm³/mol. The van der Waals surface area contributed by atoms with Gasteiger partial charge in [0, 0.05) is 0 Å². The molecule has 7 heteroatoms. The van der Waals surface area contributed by atoms with Gasteiger partial charge in [-0.05, 0) is 105 Å². The molecule has 3 atom stereocenters. The highest BCUT2D eigenvalue weighted by molar-refractivity contribution is 5.68. The van der Waals surface area contributed by atoms with Gasteiger partial charge >= 0.3 is 6.18 Å². The molecule has 0 heterocycles. The summed E-state index contributed by atoms with van der Waals surface area (Å²) in [6.45, 7) is 1.99. The van der Waals surface area contributed by atoms with Gasteiger partial charge in [-0.25, -0.2) is 17.6 Å². The summed E-state index contributed by atoms with van der Waals surface area (Å²) in [5.74, 6) is -4.82. The van der Waals surface area contributed by atoms with Crippen LogP contribution in [-0.2, 0) is 12.6 Å². The third-order valence-corrected chi connectivity index (χ3v) is 7.20. The second-order valence-corrected chi connectivity index (χ2v) is 9.16. The summed E-state index contributed by atoms with van der Waals surface area (Å²) in [5.41, 5.74) is -2.44. The average Bonchev–Trinajstić information content (AvgIpc) is 2.72. The maximum atomic E-state index is 15.4. The molecule has 0 unspecified atom stereocenters. The van der Waals surface area contributed by atoms with Gasteiger partial charge in [0.2, 0.25) is 0 Å². The normalized spacial score (nSPS) is 23.0. The minimum atomic E-state index is -5.25. The van der Waals surface area contributed by atoms with Crippen molar-refractivity contribution in [3.05, 3.63) is 70.3 Å². The van der Waals surface area contributed by atoms with E-state index in [1.165, 1.54) is 6.07 Å². The Hall–Kier alpha value is -2.31. The van der Waals surface area contributed by atoms with Crippen LogP contribution < -0.4 is 0 Å². The molecule has 0 aromatic heterocycles. The second-order valence-electron chi connectivity index (χ2n) is 9.16. The number of allylic oxidation sites excluding steroid dienone is 2. The Bertz CT molecular complexity index is 1040. The van der Waals surface area contributed by atoms with Crippen LogP contribution in [0.3, 0.4) is 0 Å². The quantitative estimate of drug-likeness (QED) is 0.310. The topological polar surface area (TPSA) is 0 Å². The fourth-order valence-electron chi connectivity index (χ4n) is 5.70. The monoisotopic (exact) mass is 470 g/mol. The minimum absolute atomic E-state index is 0.0193. The molecular formula is C26H25F7. The largest absolute Gasteiger partial charge is 0.422 e. The molecule has 0 spiro atoms. The van der Waals surface area contributed by atoms with E-state index >= 15 is 8.78 Å². The van der Waals surface area contributed by atoms with Gasteiger partial charge < -0.3 is 0 Å². The highest BCUT2D eigenvalue weighted by Gasteiger charge is 2.40. The number of alkyl halides is 3. The maximum absolute atomic E-state index is 15.4. The van der Waals surface area contributed by atoms with E-state index in [1.54, 1.807) is 0 Å². The first-order valence-corrected chi connectivity index (χ1v) is 11.3. The number of hydrogen-bond donors (Lipinski definition) is 0. The Morgan fingerprint density at radius 2 is 1.64 bits per heavy atom. The van der Waals surface area contributed by atoms with Crippen LogP contribution >= 0.6 is 0 Å². The predicted octanol–water partition coefficient (Wildman–Crippen LogP) is 8.73. The molecule has 2 aromatic rings. The molecule has 2 aromatic carbocycles. The number of halogens is 7. The zero-order valence-corrected chi connectivity index (χ0v) is 18.2. The first-order chi connectivity index (χ1) is 15.6. The van der Waals surface area contributed by atoms with E-state index in [0.29, 0.717) is 41.5 Å². The lowest BCUT2D eigenvalue weighted by molar-refractivity contribution is -0.142. The van der Waals surface area contributed by atoms with Gasteiger partial charge in [0.15, 0.2) is 0 Å². The molecule has 0 radical (unpaired) electrons. The summed E-state index contributed by atoms with van der Waals surface area (Å²) in [5, 5.41) is 0. The number of rotatable bonds is 4. The van der Waals surface area contributed by atoms with Crippen LogP contribution in [0.1, 0.15) is 68.1 Å². The zero-order chi connectivity index (χ0) is 23.9. The Kier molecular flexibility index (Phi) is 6.61. The van der Waals surface area contributed by atoms with Gasteiger partial charge in [0.05, 0.1) is 5.56 Å². The van der Waals surface area contributed by atoms with Crippen molar-refractivity contribution < 1.29 is 30.7 Å². The summed E-state index contributed by atoms with van der Waals surface area (Å²) in [6.07, 6.45) is 4.91. The number of benzene rings is 2. The van der Waals surface area contributed by atoms with Crippen LogP contribution in [0.25, 0.3) is 11.1 Å². The Morgan fingerprint density at radius 3 is 2.27 bits per heavy atom. The molecule has 2 aliphatic carbocycles. The number of hydrogen-bond acceptors (Lipinski definition) is 0. The minimum Gasteiger partial charge on any atom is -0.206 e. The van der Waals surface area contributed by atoms with Crippen molar-refractivity contribution in [3.63, 3.8) is 0 Å². The number of fused-ring (bicyclic) bond motifs is 3. The molecule has 0 saturated heterocycles. The van der Waals surface area contributed by atoms with E-state index in [2.05, 4.69) is 6.08 Å². The first-order valence-electron chi connectivity index (χ1n) is 11.3. The smallest absolute Gasteiger partial charge is 0.206 e. The second kappa shape index (κ2) is 9.15. The van der Waals surface area contributed by atoms with Gasteiger partial charge in [-0.2, -0.15) is 13.2 Å². The lowest BCUT2D eigenvalue weighted by Gasteiger charge is -2.41. The zero-order valence-electron chi connectivity index (χ0n) is 18.2. The average molecular weight is 470 g/mol. The third-order valence-electron chi connectivity index (χ3n) is 7.20. The van der Waals surface area contributed by atoms with Crippen molar-refractivity contribution in [1.29, 1.82) is 0 Å². The van der Waals surface area contributed by atoms with Crippen LogP contribution in [0.5, 0.6) is 0 Å². The molecule has 0 amide bonds. The van der Waals surface area contributed by atoms with Crippen molar-refractivity contribution in [2.75, 3.05) is 0 Å². The molecule has 0 bridgehead atoms. The SMILES string of the molecule is C/C=C/CC[C@@H]1CC[C@@H]2c3cc(F)c(-c4cc(F)c(C(F)(F)F)c(F)c4)c(F)c3CC[C@@H]2C1. The molecule has 0 N–H and O–H groups in total. The van der Waals surface area contributed by atoms with Crippen molar-refractivity contribution in [2.45, 2.75) is 64.0 Å². The summed E-state index contributed by atoms with van der Waals surface area (Å²) in [6, 6.07) is 1.92. The van der Waals surface area contributed by atoms with Crippen LogP contribution in [0, 0.1) is 35.1 Å². The van der Waals surface area contributed by atoms with Crippen LogP contribution in [0.2, 0.25) is 0 Å². The standard InChI is InChI=1S/C26H25F7/c1-2-3-4-5-14-6-8-17-15(10-14)7-9-18-19(17)13-20(27)23(25(18)30)16-11-21(28)24(22(29)12-16)26(31,32)33/h2-3,11-15,17H,4-10H2,1H3/b3-2+/t14-,15-,17+/m1/s1. The molecule has 178 valence electrons. The van der Waals surface area contributed by atoms with E-state index in [0.717, 1.165) is 38.5 Å². The summed E-state index contributed by atoms with van der Waals surface area (Å²) < 4.78 is 97.2. The molecule has 1 fully saturated rings. The maximum Gasteiger partial charge on any atom is 0.422 e. The van der Waals surface area contributed by atoms with Crippen molar-refractivity contribution in [3.8, 4) is 11.1 Å². The Morgan fingerprint density at radius 1 is 0.939 bits per heavy atom. The third kappa shape index (κ3) is 4.56. The molecule has 1 saturated carbocycles. The molecular weight excluding hydrogens is 445 g/mol. The van der Waals surface area contributed by atoms with Crippen molar-refractivity contribution in [1.82, 2.24) is 0 Å². The summed E-state index contributed by atoms with van der Waals surface area (Å²) >= 11 is 0. The van der Waals surface area contributed by atoms with Gasteiger partial charge in [-0.3, -0.25) is 0 Å². The van der Waals surface area contributed by atoms with Crippen LogP contribution in [-0.4, -0.2) is 0 Å². The van der Waals surface area contributed by atoms with Gasteiger partial charge in [-0.15, -0.1) is 0 Å². The lowest BCUT2D eigenvalue weighted by atomic mass is 9.64. The highest BCUT2D eigenvalue weighted by Crippen LogP contribution is 2.50. The van der Waals surface area contributed by atoms with Crippen LogP contribution in [0.15, 0.2) is 30.4 Å². The lowest BCUT2D eigenvalue weighted by Crippen LogP contribution is -2.29. The fraction of sp³-hybridized carbons (Fsp3) is 0.462. The van der Waals surface area contributed by atoms with Gasteiger partial charge in [0.25, 0.3) is 0 Å². The summed E-state index contributed by atoms with van der Waals surface area (Å²) in [7, 11) is 0. The summed E-state index contributed by atoms with van der Waals surface area (Å²) in [4.78, 5) is 0. The van der Waals surface area contributed by atoms with E-state index < -0.39 is 46.1 Å². The van der Waals surface area contributed by atoms with E-state index in [9.17, 15) is 22.0 Å². The fourth-order valence-corrected chi connectivity index (χ4v) is 5.70. The molecule has 4 rings (SSSR count). The first kappa shape index (κ1) is 23.8. The van der Waals surface area contributed by atoms with Crippen LogP contribution in [0.4, 0.5) is 30.7 Å². The molecule has 0 aliphatic heterocycles. The highest BCUT2D eigenvalue weighted by atomic mass is 19.4. The molecule has 33 heavy (non-hydrogen) atoms. The van der Waals surface area contributed by atoms with Crippen molar-refractivity contribution >= 4 is 0 Å². The Labute approximate surface area is 188 Å². The van der Waals surface area contributed by atoms with E-state index in [-0.39, 0.29) is 5.92 Å². The molecule has 2 aliphatic rings. The van der Waals surface area contributed by atoms with Gasteiger partial charge in [-0.1, -0.05) is 12.2 Å². The van der Waals surface area contributed by atoms with Crippen molar-refractivity contribution in [2.24, 2.45) is 11.8 Å². The van der Waals surface area contributed by atoms with E-state index in [1.807, 2.05) is 13.0 Å². The van der Waals surface area contributed by atoms with Gasteiger partial charge in [0.1, 0.15) is 28.8 Å². The molecule has 0 nitrogen and oxygen atoms in total.